The Morgan fingerprint density at radius 2 is 2.07 bits per heavy atom. The molecular weight excluding hydrogens is 424 g/mol. The van der Waals surface area contributed by atoms with Crippen LogP contribution in [-0.2, 0) is 17.9 Å². The molecule has 1 atom stereocenters. The van der Waals surface area contributed by atoms with Crippen LogP contribution in [0.2, 0.25) is 5.02 Å². The predicted molar refractivity (Wildman–Crippen MR) is 118 cm³/mol. The van der Waals surface area contributed by atoms with Crippen molar-refractivity contribution >= 4 is 29.7 Å². The summed E-state index contributed by atoms with van der Waals surface area (Å²) >= 11 is 11.6. The Bertz CT molecular complexity index is 1010. The fourth-order valence-electron chi connectivity index (χ4n) is 3.00. The molecule has 1 aromatic carbocycles. The van der Waals surface area contributed by atoms with Crippen LogP contribution in [-0.4, -0.2) is 31.9 Å². The Morgan fingerprint density at radius 1 is 1.30 bits per heavy atom. The third-order valence-corrected chi connectivity index (χ3v) is 5.36. The maximum Gasteiger partial charge on any atom is 0.221 e. The van der Waals surface area contributed by atoms with Gasteiger partial charge in [-0.3, -0.25) is 9.36 Å². The summed E-state index contributed by atoms with van der Waals surface area (Å²) in [5.74, 6) is 0.984. The number of benzene rings is 1. The molecule has 3 rings (SSSR count). The van der Waals surface area contributed by atoms with Crippen LogP contribution < -0.4 is 5.32 Å². The maximum atomic E-state index is 12.2. The van der Waals surface area contributed by atoms with Gasteiger partial charge in [-0.2, -0.15) is 5.10 Å². The van der Waals surface area contributed by atoms with E-state index in [2.05, 4.69) is 17.3 Å². The van der Waals surface area contributed by atoms with Crippen LogP contribution >= 0.6 is 23.8 Å². The summed E-state index contributed by atoms with van der Waals surface area (Å²) in [4.78, 5) is 12.2. The van der Waals surface area contributed by atoms with Crippen molar-refractivity contribution in [3.05, 3.63) is 58.2 Å². The first kappa shape index (κ1) is 22.3. The zero-order valence-corrected chi connectivity index (χ0v) is 18.3. The smallest absolute Gasteiger partial charge is 0.221 e. The summed E-state index contributed by atoms with van der Waals surface area (Å²) < 4.78 is 9.39. The molecule has 1 amide bonds. The minimum absolute atomic E-state index is 0.0821. The van der Waals surface area contributed by atoms with Gasteiger partial charge in [-0.1, -0.05) is 24.9 Å². The molecule has 160 valence electrons. The number of aryl methyl sites for hydroxylation is 1. The van der Waals surface area contributed by atoms with Gasteiger partial charge < -0.3 is 14.8 Å². The van der Waals surface area contributed by atoms with E-state index in [4.69, 9.17) is 28.2 Å². The molecule has 7 nitrogen and oxygen atoms in total. The summed E-state index contributed by atoms with van der Waals surface area (Å²) in [5.41, 5.74) is 0.923. The number of nitrogens with zero attached hydrogens (tertiary/aromatic N) is 3. The van der Waals surface area contributed by atoms with Gasteiger partial charge in [-0.15, -0.1) is 0 Å². The molecule has 30 heavy (non-hydrogen) atoms. The molecule has 0 saturated heterocycles. The lowest BCUT2D eigenvalue weighted by Gasteiger charge is -2.09. The predicted octanol–water partition coefficient (Wildman–Crippen LogP) is 4.37. The Labute approximate surface area is 185 Å². The van der Waals surface area contributed by atoms with Gasteiger partial charge in [0.15, 0.2) is 10.6 Å². The van der Waals surface area contributed by atoms with E-state index in [0.717, 1.165) is 30.8 Å². The van der Waals surface area contributed by atoms with Crippen molar-refractivity contribution in [2.75, 3.05) is 6.54 Å². The van der Waals surface area contributed by atoms with Crippen molar-refractivity contribution in [3.63, 3.8) is 0 Å². The monoisotopic (exact) mass is 448 g/mol. The number of hydrogen-bond donors (Lipinski definition) is 2. The summed E-state index contributed by atoms with van der Waals surface area (Å²) in [5, 5.41) is 18.0. The van der Waals surface area contributed by atoms with Crippen molar-refractivity contribution < 1.29 is 14.3 Å². The lowest BCUT2D eigenvalue weighted by molar-refractivity contribution is -0.121. The van der Waals surface area contributed by atoms with Crippen LogP contribution in [0.4, 0.5) is 0 Å². The molecular formula is C21H25ClN4O3S. The van der Waals surface area contributed by atoms with Gasteiger partial charge in [0.05, 0.1) is 19.4 Å². The van der Waals surface area contributed by atoms with E-state index >= 15 is 0 Å². The van der Waals surface area contributed by atoms with Crippen LogP contribution in [0.25, 0.3) is 11.4 Å². The van der Waals surface area contributed by atoms with E-state index in [-0.39, 0.29) is 18.9 Å². The van der Waals surface area contributed by atoms with Crippen molar-refractivity contribution in [3.8, 4) is 11.4 Å². The fourth-order valence-corrected chi connectivity index (χ4v) is 3.44. The summed E-state index contributed by atoms with van der Waals surface area (Å²) in [6, 6.07) is 10.8. The molecule has 2 aromatic heterocycles. The van der Waals surface area contributed by atoms with Crippen LogP contribution in [0.1, 0.15) is 38.1 Å². The van der Waals surface area contributed by atoms with Crippen LogP contribution in [0, 0.1) is 4.77 Å². The minimum Gasteiger partial charge on any atom is -0.467 e. The van der Waals surface area contributed by atoms with E-state index in [1.807, 2.05) is 28.8 Å². The van der Waals surface area contributed by atoms with Crippen molar-refractivity contribution in [2.45, 2.75) is 45.4 Å². The molecule has 2 N–H and O–H groups in total. The van der Waals surface area contributed by atoms with Gasteiger partial charge in [0.2, 0.25) is 5.91 Å². The number of carbonyl (C=O) groups is 1. The number of unbranched alkanes of at least 4 members (excludes halogenated alkanes) is 1. The third kappa shape index (κ3) is 5.59. The number of aromatic nitrogens is 3. The van der Waals surface area contributed by atoms with Crippen molar-refractivity contribution in [2.24, 2.45) is 0 Å². The largest absolute Gasteiger partial charge is 0.467 e. The van der Waals surface area contributed by atoms with Gasteiger partial charge >= 0.3 is 0 Å². The highest BCUT2D eigenvalue weighted by Crippen LogP contribution is 2.21. The number of aliphatic hydroxyl groups excluding tert-OH is 1. The topological polar surface area (TPSA) is 85.2 Å². The van der Waals surface area contributed by atoms with E-state index < -0.39 is 6.10 Å². The molecule has 0 fully saturated rings. The maximum absolute atomic E-state index is 12.2. The average Bonchev–Trinajstić information content (AvgIpc) is 3.38. The SMILES string of the molecule is CCCCn1c(-c2ccc(Cl)cc2)nn(CCC(=O)NCC(O)c2ccco2)c1=S. The number of amides is 1. The number of aliphatic hydroxyl groups is 1. The number of carbonyl (C=O) groups excluding carboxylic acids is 1. The van der Waals surface area contributed by atoms with Crippen LogP contribution in [0.5, 0.6) is 0 Å². The minimum atomic E-state index is -0.879. The zero-order valence-electron chi connectivity index (χ0n) is 16.8. The quantitative estimate of drug-likeness (QED) is 0.450. The molecule has 0 radical (unpaired) electrons. The second-order valence-electron chi connectivity index (χ2n) is 6.93. The van der Waals surface area contributed by atoms with E-state index in [1.54, 1.807) is 16.8 Å². The van der Waals surface area contributed by atoms with Gasteiger partial charge in [0, 0.05) is 23.6 Å². The number of hydrogen-bond acceptors (Lipinski definition) is 5. The molecule has 2 heterocycles. The van der Waals surface area contributed by atoms with Gasteiger partial charge in [-0.25, -0.2) is 4.68 Å². The van der Waals surface area contributed by atoms with E-state index in [0.29, 0.717) is 22.1 Å². The summed E-state index contributed by atoms with van der Waals surface area (Å²) in [6.07, 6.45) is 2.81. The first-order chi connectivity index (χ1) is 14.5. The lowest BCUT2D eigenvalue weighted by atomic mass is 10.2. The highest BCUT2D eigenvalue weighted by Gasteiger charge is 2.15. The molecule has 0 aliphatic rings. The second-order valence-corrected chi connectivity index (χ2v) is 7.73. The first-order valence-electron chi connectivity index (χ1n) is 9.91. The number of furan rings is 1. The first-order valence-corrected chi connectivity index (χ1v) is 10.7. The molecule has 3 aromatic rings. The molecule has 1 unspecified atom stereocenters. The molecule has 0 spiro atoms. The van der Waals surface area contributed by atoms with Gasteiger partial charge in [0.25, 0.3) is 0 Å². The molecule has 0 aliphatic heterocycles. The normalized spacial score (nSPS) is 12.1. The average molecular weight is 449 g/mol. The number of halogens is 1. The number of nitrogens with one attached hydrogen (secondary N) is 1. The van der Waals surface area contributed by atoms with Gasteiger partial charge in [-0.05, 0) is 55.0 Å². The molecule has 0 bridgehead atoms. The Kier molecular flexibility index (Phi) is 7.84. The second kappa shape index (κ2) is 10.6. The molecule has 0 aliphatic carbocycles. The lowest BCUT2D eigenvalue weighted by Crippen LogP contribution is -2.29. The van der Waals surface area contributed by atoms with Crippen molar-refractivity contribution in [1.29, 1.82) is 0 Å². The van der Waals surface area contributed by atoms with Gasteiger partial charge in [0.1, 0.15) is 11.9 Å². The van der Waals surface area contributed by atoms with E-state index in [1.165, 1.54) is 6.26 Å². The number of rotatable bonds is 10. The highest BCUT2D eigenvalue weighted by atomic mass is 35.5. The fraction of sp³-hybridized carbons (Fsp3) is 0.381. The standard InChI is InChI=1S/C21H25ClN4O3S/c1-2-3-11-25-20(15-6-8-16(22)9-7-15)24-26(21(25)30)12-10-19(28)23-14-17(27)18-5-4-13-29-18/h4-9,13,17,27H,2-3,10-12,14H2,1H3,(H,23,28). The van der Waals surface area contributed by atoms with Crippen LogP contribution in [0.3, 0.4) is 0 Å². The third-order valence-electron chi connectivity index (χ3n) is 4.68. The summed E-state index contributed by atoms with van der Waals surface area (Å²) in [7, 11) is 0. The Morgan fingerprint density at radius 3 is 2.73 bits per heavy atom. The Hall–Kier alpha value is -2.42. The molecule has 9 heteroatoms. The Balaban J connectivity index is 1.67. The molecule has 0 saturated carbocycles. The highest BCUT2D eigenvalue weighted by molar-refractivity contribution is 7.71. The van der Waals surface area contributed by atoms with Crippen LogP contribution in [0.15, 0.2) is 47.1 Å². The zero-order chi connectivity index (χ0) is 21.5. The summed E-state index contributed by atoms with van der Waals surface area (Å²) in [6.45, 7) is 3.31. The van der Waals surface area contributed by atoms with E-state index in [9.17, 15) is 9.90 Å². The van der Waals surface area contributed by atoms with Crippen molar-refractivity contribution in [1.82, 2.24) is 19.7 Å².